The molecular weight excluding hydrogens is 937 g/mol. The van der Waals surface area contributed by atoms with Crippen molar-refractivity contribution in [2.45, 2.75) is 277 Å². The quantitative estimate of drug-likeness (QED) is 0.0261. The van der Waals surface area contributed by atoms with Crippen molar-refractivity contribution in [3.05, 3.63) is 134 Å². The summed E-state index contributed by atoms with van der Waals surface area (Å²) < 4.78 is 16.8. The Morgan fingerprint density at radius 1 is 0.276 bits per heavy atom. The van der Waals surface area contributed by atoms with Gasteiger partial charge >= 0.3 is 17.9 Å². The second kappa shape index (κ2) is 63.1. The van der Waals surface area contributed by atoms with Crippen LogP contribution >= 0.6 is 0 Å². The molecule has 76 heavy (non-hydrogen) atoms. The van der Waals surface area contributed by atoms with Crippen LogP contribution in [0.25, 0.3) is 0 Å². The van der Waals surface area contributed by atoms with E-state index < -0.39 is 6.10 Å². The van der Waals surface area contributed by atoms with Crippen LogP contribution in [-0.4, -0.2) is 37.2 Å². The largest absolute Gasteiger partial charge is 0.462 e. The van der Waals surface area contributed by atoms with Crippen LogP contribution < -0.4 is 0 Å². The van der Waals surface area contributed by atoms with E-state index in [1.807, 2.05) is 0 Å². The van der Waals surface area contributed by atoms with Crippen molar-refractivity contribution in [2.24, 2.45) is 0 Å². The molecule has 0 aliphatic heterocycles. The highest BCUT2D eigenvalue weighted by atomic mass is 16.6. The third-order valence-electron chi connectivity index (χ3n) is 12.9. The van der Waals surface area contributed by atoms with Crippen molar-refractivity contribution in [1.82, 2.24) is 0 Å². The first-order valence-corrected chi connectivity index (χ1v) is 31.2. The molecule has 0 N–H and O–H groups in total. The predicted octanol–water partition coefficient (Wildman–Crippen LogP) is 21.4. The van der Waals surface area contributed by atoms with Gasteiger partial charge in [0.15, 0.2) is 6.10 Å². The zero-order valence-electron chi connectivity index (χ0n) is 49.2. The maximum Gasteiger partial charge on any atom is 0.306 e. The fourth-order valence-electron chi connectivity index (χ4n) is 8.23. The molecule has 6 nitrogen and oxygen atoms in total. The molecule has 430 valence electrons. The summed E-state index contributed by atoms with van der Waals surface area (Å²) in [6.45, 7) is 6.46. The number of allylic oxidation sites excluding steroid dienone is 22. The molecule has 1 unspecified atom stereocenters. The Hall–Kier alpha value is -4.45. The van der Waals surface area contributed by atoms with Gasteiger partial charge in [0.2, 0.25) is 0 Å². The summed E-state index contributed by atoms with van der Waals surface area (Å²) in [5.74, 6) is -0.928. The Labute approximate surface area is 468 Å². The first-order valence-electron chi connectivity index (χ1n) is 31.2. The lowest BCUT2D eigenvalue weighted by molar-refractivity contribution is -0.167. The monoisotopic (exact) mass is 1050 g/mol. The van der Waals surface area contributed by atoms with Crippen LogP contribution in [0.5, 0.6) is 0 Å². The summed E-state index contributed by atoms with van der Waals surface area (Å²) in [5.41, 5.74) is 0. The smallest absolute Gasteiger partial charge is 0.306 e. The van der Waals surface area contributed by atoms with Crippen molar-refractivity contribution in [3.8, 4) is 0 Å². The Balaban J connectivity index is 4.25. The molecule has 0 bridgehead atoms. The lowest BCUT2D eigenvalue weighted by Crippen LogP contribution is -2.30. The molecule has 0 saturated carbocycles. The standard InChI is InChI=1S/C70H114O6/c1-4-7-10-13-16-19-22-24-25-26-27-28-29-30-31-32-33-34-35-36-37-38-39-40-41-42-43-44-45-47-48-51-54-57-60-63-69(72)75-66-67(65-74-68(71)62-59-56-53-50-21-18-15-12-9-6-3)76-70(73)64-61-58-55-52-49-46-23-20-17-14-11-8-5-2/h7,10,16,19-20,23-25,27-28,30-31,33-34,36-37,39-40,42-43,45,47,67H,4-6,8-9,11-15,17-18,21-22,26,29,32,35,38,41,44,46,48-66H2,1-3H3/b10-7-,19-16-,23-20-,25-24-,28-27-,31-30-,34-33-,37-36-,40-39-,43-42-,47-45-. The average Bonchev–Trinajstić information content (AvgIpc) is 3.42. The van der Waals surface area contributed by atoms with E-state index in [9.17, 15) is 14.4 Å². The molecule has 0 aliphatic carbocycles. The summed E-state index contributed by atoms with van der Waals surface area (Å²) in [7, 11) is 0. The fourth-order valence-corrected chi connectivity index (χ4v) is 8.23. The minimum Gasteiger partial charge on any atom is -0.462 e. The first kappa shape index (κ1) is 71.5. The van der Waals surface area contributed by atoms with Crippen molar-refractivity contribution >= 4 is 17.9 Å². The minimum atomic E-state index is -0.794. The normalized spacial score (nSPS) is 13.0. The van der Waals surface area contributed by atoms with Crippen molar-refractivity contribution in [3.63, 3.8) is 0 Å². The third kappa shape index (κ3) is 60.4. The van der Waals surface area contributed by atoms with E-state index in [-0.39, 0.29) is 31.1 Å². The molecule has 0 aliphatic rings. The lowest BCUT2D eigenvalue weighted by Gasteiger charge is -2.18. The summed E-state index contributed by atoms with van der Waals surface area (Å²) in [4.78, 5) is 38.1. The summed E-state index contributed by atoms with van der Waals surface area (Å²) >= 11 is 0. The number of unbranched alkanes of at least 4 members (excludes halogenated alkanes) is 22. The number of esters is 3. The summed E-state index contributed by atoms with van der Waals surface area (Å²) in [5, 5.41) is 0. The van der Waals surface area contributed by atoms with E-state index in [4.69, 9.17) is 14.2 Å². The molecule has 0 heterocycles. The van der Waals surface area contributed by atoms with E-state index in [1.54, 1.807) is 0 Å². The van der Waals surface area contributed by atoms with E-state index in [1.165, 1.54) is 83.5 Å². The van der Waals surface area contributed by atoms with Crippen LogP contribution in [0, 0.1) is 0 Å². The molecule has 1 atom stereocenters. The molecule has 0 rings (SSSR count). The number of ether oxygens (including phenoxy) is 3. The highest BCUT2D eigenvalue weighted by molar-refractivity contribution is 5.71. The van der Waals surface area contributed by atoms with Crippen LogP contribution in [0.15, 0.2) is 134 Å². The fraction of sp³-hybridized carbons (Fsp3) is 0.643. The third-order valence-corrected chi connectivity index (χ3v) is 12.9. The van der Waals surface area contributed by atoms with Gasteiger partial charge in [-0.1, -0.05) is 264 Å². The van der Waals surface area contributed by atoms with Crippen LogP contribution in [-0.2, 0) is 28.6 Å². The molecular formula is C70H114O6. The first-order chi connectivity index (χ1) is 37.5. The van der Waals surface area contributed by atoms with Gasteiger partial charge in [-0.3, -0.25) is 14.4 Å². The van der Waals surface area contributed by atoms with E-state index in [0.717, 1.165) is 148 Å². The number of rotatable bonds is 55. The highest BCUT2D eigenvalue weighted by Crippen LogP contribution is 2.14. The minimum absolute atomic E-state index is 0.0901. The van der Waals surface area contributed by atoms with E-state index >= 15 is 0 Å². The van der Waals surface area contributed by atoms with Crippen molar-refractivity contribution in [2.75, 3.05) is 13.2 Å². The van der Waals surface area contributed by atoms with Crippen molar-refractivity contribution < 1.29 is 28.6 Å². The number of hydrogen-bond acceptors (Lipinski definition) is 6. The number of carbonyl (C=O) groups excluding carboxylic acids is 3. The molecule has 0 aromatic carbocycles. The van der Waals surface area contributed by atoms with E-state index in [2.05, 4.69) is 154 Å². The van der Waals surface area contributed by atoms with Gasteiger partial charge in [-0.15, -0.1) is 0 Å². The SMILES string of the molecule is CC/C=C\C/C=C\C/C=C\C/C=C\C/C=C\C/C=C\C/C=C\C/C=C\C/C=C\C/C=C\CCCCCCC(=O)OCC(COC(=O)CCCCCCCCCCCC)OC(=O)CCCCCCC/C=C\CCCCCC. The molecule has 0 aromatic heterocycles. The molecule has 6 heteroatoms. The zero-order valence-corrected chi connectivity index (χ0v) is 49.2. The maximum atomic E-state index is 12.8. The van der Waals surface area contributed by atoms with Gasteiger partial charge in [-0.2, -0.15) is 0 Å². The number of hydrogen-bond donors (Lipinski definition) is 0. The van der Waals surface area contributed by atoms with Gasteiger partial charge in [0.05, 0.1) is 0 Å². The molecule has 0 amide bonds. The highest BCUT2D eigenvalue weighted by Gasteiger charge is 2.19. The predicted molar refractivity (Wildman–Crippen MR) is 329 cm³/mol. The second-order valence-electron chi connectivity index (χ2n) is 20.2. The Morgan fingerprint density at radius 3 is 0.829 bits per heavy atom. The lowest BCUT2D eigenvalue weighted by atomic mass is 10.1. The van der Waals surface area contributed by atoms with Crippen LogP contribution in [0.2, 0.25) is 0 Å². The van der Waals surface area contributed by atoms with Gasteiger partial charge < -0.3 is 14.2 Å². The van der Waals surface area contributed by atoms with E-state index in [0.29, 0.717) is 19.3 Å². The Kier molecular flexibility index (Phi) is 59.4. The van der Waals surface area contributed by atoms with Gasteiger partial charge in [-0.05, 0) is 122 Å². The average molecular weight is 1050 g/mol. The molecule has 0 radical (unpaired) electrons. The molecule has 0 aromatic rings. The summed E-state index contributed by atoms with van der Waals surface area (Å²) in [6.07, 6.45) is 88.9. The van der Waals surface area contributed by atoms with Gasteiger partial charge in [0, 0.05) is 19.3 Å². The van der Waals surface area contributed by atoms with Gasteiger partial charge in [0.1, 0.15) is 13.2 Å². The molecule has 0 saturated heterocycles. The Morgan fingerprint density at radius 2 is 0.513 bits per heavy atom. The molecule has 0 fully saturated rings. The van der Waals surface area contributed by atoms with Crippen LogP contribution in [0.4, 0.5) is 0 Å². The Bertz CT molecular complexity index is 1630. The van der Waals surface area contributed by atoms with Crippen LogP contribution in [0.1, 0.15) is 271 Å². The maximum absolute atomic E-state index is 12.8. The van der Waals surface area contributed by atoms with Crippen LogP contribution in [0.3, 0.4) is 0 Å². The van der Waals surface area contributed by atoms with Crippen molar-refractivity contribution in [1.29, 1.82) is 0 Å². The van der Waals surface area contributed by atoms with Gasteiger partial charge in [0.25, 0.3) is 0 Å². The second-order valence-corrected chi connectivity index (χ2v) is 20.2. The zero-order chi connectivity index (χ0) is 55.0. The summed E-state index contributed by atoms with van der Waals surface area (Å²) in [6, 6.07) is 0. The topological polar surface area (TPSA) is 78.9 Å². The van der Waals surface area contributed by atoms with Gasteiger partial charge in [-0.25, -0.2) is 0 Å². The number of carbonyl (C=O) groups is 3. The molecule has 0 spiro atoms.